The zero-order chi connectivity index (χ0) is 13.2. The topological polar surface area (TPSA) is 29.1 Å². The van der Waals surface area contributed by atoms with Crippen LogP contribution in [0.3, 0.4) is 0 Å². The van der Waals surface area contributed by atoms with E-state index in [0.717, 1.165) is 25.7 Å². The second-order valence-corrected chi connectivity index (χ2v) is 5.81. The van der Waals surface area contributed by atoms with Crippen LogP contribution in [0.1, 0.15) is 36.0 Å². The van der Waals surface area contributed by atoms with E-state index in [1.54, 1.807) is 18.2 Å². The van der Waals surface area contributed by atoms with Crippen molar-refractivity contribution in [2.45, 2.75) is 31.2 Å². The summed E-state index contributed by atoms with van der Waals surface area (Å²) in [5.74, 6) is 0.253. The van der Waals surface area contributed by atoms with Crippen molar-refractivity contribution in [2.75, 3.05) is 5.88 Å². The highest BCUT2D eigenvalue weighted by atomic mass is 35.5. The van der Waals surface area contributed by atoms with Gasteiger partial charge in [0.15, 0.2) is 0 Å². The Hall–Kier alpha value is -0.440. The molecule has 0 spiro atoms. The lowest BCUT2D eigenvalue weighted by molar-refractivity contribution is 0.0909. The molecule has 0 aliphatic heterocycles. The molecule has 2 nitrogen and oxygen atoms in total. The van der Waals surface area contributed by atoms with Crippen molar-refractivity contribution in [2.24, 2.45) is 0 Å². The Morgan fingerprint density at radius 2 is 1.94 bits per heavy atom. The molecule has 5 heteroatoms. The Balaban J connectivity index is 2.16. The number of nitrogens with one attached hydrogen (secondary N) is 1. The van der Waals surface area contributed by atoms with Crippen molar-refractivity contribution in [1.82, 2.24) is 5.32 Å². The SMILES string of the molecule is O=C(NC1(CCl)CCCC1)c1ccc(Cl)cc1Cl. The predicted molar refractivity (Wildman–Crippen MR) is 75.8 cm³/mol. The Kier molecular flexibility index (Phi) is 4.41. The second kappa shape index (κ2) is 5.68. The minimum Gasteiger partial charge on any atom is -0.345 e. The summed E-state index contributed by atoms with van der Waals surface area (Å²) < 4.78 is 0. The van der Waals surface area contributed by atoms with Gasteiger partial charge in [0.2, 0.25) is 0 Å². The molecule has 0 aromatic heterocycles. The summed E-state index contributed by atoms with van der Waals surface area (Å²) in [5, 5.41) is 3.90. The van der Waals surface area contributed by atoms with E-state index < -0.39 is 0 Å². The molecule has 0 saturated heterocycles. The van der Waals surface area contributed by atoms with Gasteiger partial charge in [-0.1, -0.05) is 36.0 Å². The maximum absolute atomic E-state index is 12.2. The number of alkyl halides is 1. The van der Waals surface area contributed by atoms with Crippen LogP contribution >= 0.6 is 34.8 Å². The summed E-state index contributed by atoms with van der Waals surface area (Å²) in [5.41, 5.74) is 0.166. The maximum Gasteiger partial charge on any atom is 0.253 e. The first-order chi connectivity index (χ1) is 8.56. The first-order valence-electron chi connectivity index (χ1n) is 5.90. The average Bonchev–Trinajstić information content (AvgIpc) is 2.78. The van der Waals surface area contributed by atoms with Gasteiger partial charge in [-0.15, -0.1) is 11.6 Å². The van der Waals surface area contributed by atoms with Crippen LogP contribution in [0.5, 0.6) is 0 Å². The van der Waals surface area contributed by atoms with Crippen LogP contribution in [-0.2, 0) is 0 Å². The summed E-state index contributed by atoms with van der Waals surface area (Å²) in [4.78, 5) is 12.2. The predicted octanol–water partition coefficient (Wildman–Crippen LogP) is 4.27. The lowest BCUT2D eigenvalue weighted by Gasteiger charge is -2.28. The largest absolute Gasteiger partial charge is 0.345 e. The highest BCUT2D eigenvalue weighted by molar-refractivity contribution is 6.36. The molecule has 0 heterocycles. The van der Waals surface area contributed by atoms with Crippen LogP contribution in [0.25, 0.3) is 0 Å². The molecule has 1 amide bonds. The average molecular weight is 307 g/mol. The molecule has 0 radical (unpaired) electrons. The summed E-state index contributed by atoms with van der Waals surface area (Å²) in [6.45, 7) is 0. The molecule has 1 aromatic rings. The molecule has 2 rings (SSSR count). The number of halogens is 3. The van der Waals surface area contributed by atoms with Gasteiger partial charge in [0.05, 0.1) is 16.1 Å². The van der Waals surface area contributed by atoms with Crippen LogP contribution in [0.2, 0.25) is 10.0 Å². The normalized spacial score (nSPS) is 17.7. The fraction of sp³-hybridized carbons (Fsp3) is 0.462. The lowest BCUT2D eigenvalue weighted by atomic mass is 9.99. The van der Waals surface area contributed by atoms with Gasteiger partial charge in [-0.2, -0.15) is 0 Å². The number of carbonyl (C=O) groups excluding carboxylic acids is 1. The van der Waals surface area contributed by atoms with E-state index in [-0.39, 0.29) is 11.4 Å². The summed E-state index contributed by atoms with van der Waals surface area (Å²) in [6, 6.07) is 4.86. The molecule has 1 aliphatic rings. The number of hydrogen-bond acceptors (Lipinski definition) is 1. The van der Waals surface area contributed by atoms with E-state index in [4.69, 9.17) is 34.8 Å². The number of carbonyl (C=O) groups is 1. The molecule has 0 atom stereocenters. The third-order valence-corrected chi connectivity index (χ3v) is 4.43. The molecular weight excluding hydrogens is 293 g/mol. The molecule has 1 N–H and O–H groups in total. The van der Waals surface area contributed by atoms with Crippen LogP contribution in [0, 0.1) is 0 Å². The molecule has 18 heavy (non-hydrogen) atoms. The van der Waals surface area contributed by atoms with Crippen LogP contribution in [0.15, 0.2) is 18.2 Å². The lowest BCUT2D eigenvalue weighted by Crippen LogP contribution is -2.47. The van der Waals surface area contributed by atoms with Crippen molar-refractivity contribution >= 4 is 40.7 Å². The summed E-state index contributed by atoms with van der Waals surface area (Å²) in [6.07, 6.45) is 4.05. The van der Waals surface area contributed by atoms with Gasteiger partial charge in [-0.25, -0.2) is 0 Å². The van der Waals surface area contributed by atoms with E-state index in [1.807, 2.05) is 0 Å². The summed E-state index contributed by atoms with van der Waals surface area (Å²) in [7, 11) is 0. The molecular formula is C13H14Cl3NO. The van der Waals surface area contributed by atoms with Crippen molar-refractivity contribution in [3.05, 3.63) is 33.8 Å². The van der Waals surface area contributed by atoms with Gasteiger partial charge in [0, 0.05) is 10.9 Å². The fourth-order valence-electron chi connectivity index (χ4n) is 2.33. The molecule has 1 fully saturated rings. The Morgan fingerprint density at radius 3 is 2.50 bits per heavy atom. The van der Waals surface area contributed by atoms with Gasteiger partial charge in [-0.05, 0) is 31.0 Å². The zero-order valence-corrected chi connectivity index (χ0v) is 12.1. The van der Waals surface area contributed by atoms with Gasteiger partial charge in [0.1, 0.15) is 0 Å². The monoisotopic (exact) mass is 305 g/mol. The minimum atomic E-state index is -0.276. The molecule has 0 bridgehead atoms. The first-order valence-corrected chi connectivity index (χ1v) is 7.19. The number of hydrogen-bond donors (Lipinski definition) is 1. The number of amides is 1. The Bertz CT molecular complexity index is 456. The van der Waals surface area contributed by atoms with E-state index in [9.17, 15) is 4.79 Å². The second-order valence-electron chi connectivity index (χ2n) is 4.70. The zero-order valence-electron chi connectivity index (χ0n) is 9.81. The molecule has 98 valence electrons. The Morgan fingerprint density at radius 1 is 1.28 bits per heavy atom. The van der Waals surface area contributed by atoms with Gasteiger partial charge >= 0.3 is 0 Å². The van der Waals surface area contributed by atoms with Crippen molar-refractivity contribution < 1.29 is 4.79 Å². The van der Waals surface area contributed by atoms with Crippen LogP contribution in [0.4, 0.5) is 0 Å². The third-order valence-electron chi connectivity index (χ3n) is 3.37. The van der Waals surface area contributed by atoms with E-state index in [2.05, 4.69) is 5.32 Å². The highest BCUT2D eigenvalue weighted by Gasteiger charge is 2.34. The van der Waals surface area contributed by atoms with E-state index in [0.29, 0.717) is 21.5 Å². The van der Waals surface area contributed by atoms with Crippen molar-refractivity contribution in [1.29, 1.82) is 0 Å². The molecule has 1 saturated carbocycles. The van der Waals surface area contributed by atoms with Gasteiger partial charge in [-0.3, -0.25) is 4.79 Å². The third kappa shape index (κ3) is 2.93. The van der Waals surface area contributed by atoms with Gasteiger partial charge < -0.3 is 5.32 Å². The number of rotatable bonds is 3. The minimum absolute atomic E-state index is 0.181. The van der Waals surface area contributed by atoms with E-state index >= 15 is 0 Å². The maximum atomic E-state index is 12.2. The first kappa shape index (κ1) is 14.0. The van der Waals surface area contributed by atoms with Crippen molar-refractivity contribution in [3.8, 4) is 0 Å². The molecule has 0 unspecified atom stereocenters. The highest BCUT2D eigenvalue weighted by Crippen LogP contribution is 2.31. The fourth-order valence-corrected chi connectivity index (χ4v) is 3.15. The van der Waals surface area contributed by atoms with Crippen molar-refractivity contribution in [3.63, 3.8) is 0 Å². The molecule has 1 aliphatic carbocycles. The standard InChI is InChI=1S/C13H14Cl3NO/c14-8-13(5-1-2-6-13)17-12(18)10-4-3-9(15)7-11(10)16/h3-4,7H,1-2,5-6,8H2,(H,17,18). The van der Waals surface area contributed by atoms with Gasteiger partial charge in [0.25, 0.3) is 5.91 Å². The van der Waals surface area contributed by atoms with Crippen LogP contribution in [-0.4, -0.2) is 17.3 Å². The number of benzene rings is 1. The van der Waals surface area contributed by atoms with E-state index in [1.165, 1.54) is 0 Å². The smallest absolute Gasteiger partial charge is 0.253 e. The Labute approximate surface area is 122 Å². The summed E-state index contributed by atoms with van der Waals surface area (Å²) >= 11 is 17.8. The molecule has 1 aromatic carbocycles. The quantitative estimate of drug-likeness (QED) is 0.830. The van der Waals surface area contributed by atoms with Crippen LogP contribution < -0.4 is 5.32 Å².